The van der Waals surface area contributed by atoms with E-state index in [0.717, 1.165) is 5.56 Å². The minimum atomic E-state index is -0.204. The van der Waals surface area contributed by atoms with E-state index in [0.29, 0.717) is 24.3 Å². The van der Waals surface area contributed by atoms with Crippen LogP contribution in [0.5, 0.6) is 5.75 Å². The minimum Gasteiger partial charge on any atom is -0.493 e. The summed E-state index contributed by atoms with van der Waals surface area (Å²) in [5, 5.41) is 9.00. The molecule has 94 valence electrons. The van der Waals surface area contributed by atoms with Crippen molar-refractivity contribution in [2.24, 2.45) is 0 Å². The van der Waals surface area contributed by atoms with Crippen LogP contribution in [0.4, 0.5) is 4.39 Å². The lowest BCUT2D eigenvalue weighted by molar-refractivity contribution is 0.279. The summed E-state index contributed by atoms with van der Waals surface area (Å²) in [4.78, 5) is 0. The van der Waals surface area contributed by atoms with Gasteiger partial charge < -0.3 is 9.84 Å². The number of rotatable bonds is 5. The van der Waals surface area contributed by atoms with Crippen LogP contribution in [0, 0.1) is 5.82 Å². The van der Waals surface area contributed by atoms with E-state index in [1.807, 2.05) is 24.3 Å². The summed E-state index contributed by atoms with van der Waals surface area (Å²) in [5.41, 5.74) is 1.45. The lowest BCUT2D eigenvalue weighted by Gasteiger charge is -2.07. The highest BCUT2D eigenvalue weighted by Gasteiger charge is 2.01. The SMILES string of the molecule is OCc1cccc(OCCc2ccccc2F)c1. The van der Waals surface area contributed by atoms with Crippen molar-refractivity contribution in [2.45, 2.75) is 13.0 Å². The molecule has 0 fully saturated rings. The van der Waals surface area contributed by atoms with Crippen LogP contribution >= 0.6 is 0 Å². The van der Waals surface area contributed by atoms with Gasteiger partial charge in [-0.1, -0.05) is 30.3 Å². The Labute approximate surface area is 106 Å². The van der Waals surface area contributed by atoms with Crippen molar-refractivity contribution in [1.82, 2.24) is 0 Å². The lowest BCUT2D eigenvalue weighted by atomic mass is 10.1. The van der Waals surface area contributed by atoms with Gasteiger partial charge in [0.25, 0.3) is 0 Å². The molecule has 0 saturated carbocycles. The molecule has 0 aliphatic carbocycles. The Morgan fingerprint density at radius 2 is 1.89 bits per heavy atom. The fourth-order valence-electron chi connectivity index (χ4n) is 1.71. The lowest BCUT2D eigenvalue weighted by Crippen LogP contribution is -2.03. The van der Waals surface area contributed by atoms with Crippen LogP contribution in [0.15, 0.2) is 48.5 Å². The van der Waals surface area contributed by atoms with Gasteiger partial charge >= 0.3 is 0 Å². The number of ether oxygens (including phenoxy) is 1. The summed E-state index contributed by atoms with van der Waals surface area (Å²) < 4.78 is 18.9. The average Bonchev–Trinajstić information content (AvgIpc) is 2.41. The fraction of sp³-hybridized carbons (Fsp3) is 0.200. The van der Waals surface area contributed by atoms with E-state index < -0.39 is 0 Å². The van der Waals surface area contributed by atoms with Crippen molar-refractivity contribution >= 4 is 0 Å². The van der Waals surface area contributed by atoms with Crippen LogP contribution in [0.25, 0.3) is 0 Å². The van der Waals surface area contributed by atoms with Crippen molar-refractivity contribution in [3.8, 4) is 5.75 Å². The molecule has 0 aliphatic heterocycles. The van der Waals surface area contributed by atoms with Crippen LogP contribution in [-0.4, -0.2) is 11.7 Å². The highest BCUT2D eigenvalue weighted by atomic mass is 19.1. The predicted octanol–water partition coefficient (Wildman–Crippen LogP) is 2.94. The number of benzene rings is 2. The monoisotopic (exact) mass is 246 g/mol. The van der Waals surface area contributed by atoms with Crippen molar-refractivity contribution in [3.05, 3.63) is 65.5 Å². The maximum atomic E-state index is 13.3. The molecule has 0 bridgehead atoms. The number of aliphatic hydroxyl groups excluding tert-OH is 1. The molecule has 18 heavy (non-hydrogen) atoms. The van der Waals surface area contributed by atoms with Gasteiger partial charge in [-0.15, -0.1) is 0 Å². The number of halogens is 1. The second-order valence-corrected chi connectivity index (χ2v) is 4.00. The molecule has 2 aromatic rings. The van der Waals surface area contributed by atoms with E-state index in [9.17, 15) is 4.39 Å². The number of hydrogen-bond donors (Lipinski definition) is 1. The molecule has 0 saturated heterocycles. The Bertz CT molecular complexity index is 511. The van der Waals surface area contributed by atoms with Crippen molar-refractivity contribution < 1.29 is 14.2 Å². The average molecular weight is 246 g/mol. The molecule has 1 N–H and O–H groups in total. The van der Waals surface area contributed by atoms with Crippen LogP contribution in [0.3, 0.4) is 0 Å². The summed E-state index contributed by atoms with van der Waals surface area (Å²) in [6.45, 7) is 0.403. The maximum Gasteiger partial charge on any atom is 0.126 e. The van der Waals surface area contributed by atoms with Gasteiger partial charge in [-0.05, 0) is 29.3 Å². The molecule has 2 aromatic carbocycles. The quantitative estimate of drug-likeness (QED) is 0.879. The summed E-state index contributed by atoms with van der Waals surface area (Å²) >= 11 is 0. The first-order valence-corrected chi connectivity index (χ1v) is 5.85. The van der Waals surface area contributed by atoms with Crippen molar-refractivity contribution in [3.63, 3.8) is 0 Å². The zero-order valence-corrected chi connectivity index (χ0v) is 9.97. The smallest absolute Gasteiger partial charge is 0.126 e. The largest absolute Gasteiger partial charge is 0.493 e. The van der Waals surface area contributed by atoms with E-state index in [1.165, 1.54) is 6.07 Å². The second kappa shape index (κ2) is 6.17. The van der Waals surface area contributed by atoms with Gasteiger partial charge in [-0.3, -0.25) is 0 Å². The first kappa shape index (κ1) is 12.6. The van der Waals surface area contributed by atoms with Crippen LogP contribution < -0.4 is 4.74 Å². The molecule has 2 nitrogen and oxygen atoms in total. The highest BCUT2D eigenvalue weighted by Crippen LogP contribution is 2.14. The Morgan fingerprint density at radius 1 is 1.06 bits per heavy atom. The van der Waals surface area contributed by atoms with Gasteiger partial charge in [-0.2, -0.15) is 0 Å². The Hall–Kier alpha value is -1.87. The van der Waals surface area contributed by atoms with Gasteiger partial charge in [0.1, 0.15) is 11.6 Å². The van der Waals surface area contributed by atoms with Gasteiger partial charge in [-0.25, -0.2) is 4.39 Å². The maximum absolute atomic E-state index is 13.3. The normalized spacial score (nSPS) is 10.3. The second-order valence-electron chi connectivity index (χ2n) is 4.00. The summed E-state index contributed by atoms with van der Waals surface area (Å²) in [7, 11) is 0. The Balaban J connectivity index is 1.90. The standard InChI is InChI=1S/C15H15FO2/c16-15-7-2-1-5-13(15)8-9-18-14-6-3-4-12(10-14)11-17/h1-7,10,17H,8-9,11H2. The third kappa shape index (κ3) is 3.31. The van der Waals surface area contributed by atoms with Gasteiger partial charge in [0.2, 0.25) is 0 Å². The van der Waals surface area contributed by atoms with Crippen molar-refractivity contribution in [1.29, 1.82) is 0 Å². The first-order chi connectivity index (χ1) is 8.79. The van der Waals surface area contributed by atoms with E-state index in [1.54, 1.807) is 18.2 Å². The minimum absolute atomic E-state index is 0.00941. The Morgan fingerprint density at radius 3 is 2.67 bits per heavy atom. The Kier molecular flexibility index (Phi) is 4.31. The van der Waals surface area contributed by atoms with E-state index in [4.69, 9.17) is 9.84 Å². The van der Waals surface area contributed by atoms with Gasteiger partial charge in [0.05, 0.1) is 13.2 Å². The molecule has 0 aliphatic rings. The zero-order valence-electron chi connectivity index (χ0n) is 9.97. The third-order valence-electron chi connectivity index (χ3n) is 2.68. The predicted molar refractivity (Wildman–Crippen MR) is 68.0 cm³/mol. The molecule has 0 unspecified atom stereocenters. The summed E-state index contributed by atoms with van der Waals surface area (Å²) in [5.74, 6) is 0.489. The first-order valence-electron chi connectivity index (χ1n) is 5.85. The van der Waals surface area contributed by atoms with Crippen LogP contribution in [-0.2, 0) is 13.0 Å². The summed E-state index contributed by atoms with van der Waals surface area (Å²) in [6, 6.07) is 13.9. The van der Waals surface area contributed by atoms with Crippen molar-refractivity contribution in [2.75, 3.05) is 6.61 Å². The molecule has 3 heteroatoms. The van der Waals surface area contributed by atoms with E-state index in [2.05, 4.69) is 0 Å². The molecule has 0 amide bonds. The van der Waals surface area contributed by atoms with Crippen LogP contribution in [0.2, 0.25) is 0 Å². The highest BCUT2D eigenvalue weighted by molar-refractivity contribution is 5.28. The molecule has 0 heterocycles. The van der Waals surface area contributed by atoms with E-state index in [-0.39, 0.29) is 12.4 Å². The summed E-state index contributed by atoms with van der Waals surface area (Å²) in [6.07, 6.45) is 0.524. The molecule has 2 rings (SSSR count). The van der Waals surface area contributed by atoms with Crippen LogP contribution in [0.1, 0.15) is 11.1 Å². The number of aliphatic hydroxyl groups is 1. The molecule has 0 spiro atoms. The molecule has 0 radical (unpaired) electrons. The molecule has 0 atom stereocenters. The topological polar surface area (TPSA) is 29.5 Å². The number of hydrogen-bond acceptors (Lipinski definition) is 2. The zero-order chi connectivity index (χ0) is 12.8. The van der Waals surface area contributed by atoms with Gasteiger partial charge in [0, 0.05) is 6.42 Å². The van der Waals surface area contributed by atoms with Gasteiger partial charge in [0.15, 0.2) is 0 Å². The fourth-order valence-corrected chi connectivity index (χ4v) is 1.71. The molecule has 0 aromatic heterocycles. The third-order valence-corrected chi connectivity index (χ3v) is 2.68. The van der Waals surface area contributed by atoms with E-state index >= 15 is 0 Å². The molecular formula is C15H15FO2. The molecular weight excluding hydrogens is 231 g/mol.